The lowest BCUT2D eigenvalue weighted by molar-refractivity contribution is -0.144. The van der Waals surface area contributed by atoms with E-state index in [1.807, 2.05) is 20.8 Å². The van der Waals surface area contributed by atoms with Gasteiger partial charge in [-0.2, -0.15) is 18.4 Å². The highest BCUT2D eigenvalue weighted by Gasteiger charge is 2.52. The number of pyridine rings is 2. The van der Waals surface area contributed by atoms with Crippen molar-refractivity contribution in [1.82, 2.24) is 25.5 Å². The molecular formula is C48H51F4N9O7S. The minimum Gasteiger partial charge on any atom is -0.478 e. The number of nitriles is 1. The van der Waals surface area contributed by atoms with Crippen LogP contribution in [0.15, 0.2) is 73.1 Å². The first kappa shape index (κ1) is 51.3. The first-order chi connectivity index (χ1) is 32.5. The second-order valence-corrected chi connectivity index (χ2v) is 18.3. The maximum absolute atomic E-state index is 15.4. The number of rotatable bonds is 17. The average molecular weight is 974 g/mol. The van der Waals surface area contributed by atoms with E-state index in [2.05, 4.69) is 20.6 Å². The number of anilines is 2. The molecule has 0 saturated carbocycles. The lowest BCUT2D eigenvalue weighted by Crippen LogP contribution is -2.58. The van der Waals surface area contributed by atoms with Gasteiger partial charge in [0.2, 0.25) is 29.5 Å². The highest BCUT2D eigenvalue weighted by Crippen LogP contribution is 2.42. The SMILES string of the molecule is CC(C)(C)C(NC(=O)COCCCCOc1ccc(-c2ccc(N3C(=S)N(c4ccc(C#N)c(C(F)(F)F)c4F)C(=O)C3(C)C)cn2)cn1)C(=O)N1CCCC1C(=O)NCc1ccc(C(N)=O)cc1. The van der Waals surface area contributed by atoms with Crippen molar-refractivity contribution < 1.29 is 51.0 Å². The zero-order valence-corrected chi connectivity index (χ0v) is 39.3. The maximum Gasteiger partial charge on any atom is 0.420 e. The number of aromatic nitrogens is 2. The second-order valence-electron chi connectivity index (χ2n) is 18.0. The minimum atomic E-state index is -5.20. The predicted octanol–water partition coefficient (Wildman–Crippen LogP) is 6.20. The number of thiocarbonyl (C=S) groups is 1. The third kappa shape index (κ3) is 11.6. The fourth-order valence-corrected chi connectivity index (χ4v) is 8.43. The number of ether oxygens (including phenoxy) is 2. The van der Waals surface area contributed by atoms with Crippen LogP contribution in [0.25, 0.3) is 11.3 Å². The van der Waals surface area contributed by atoms with Crippen molar-refractivity contribution in [3.05, 3.63) is 101 Å². The van der Waals surface area contributed by atoms with Gasteiger partial charge in [-0.05, 0) is 105 Å². The molecule has 21 heteroatoms. The highest BCUT2D eigenvalue weighted by molar-refractivity contribution is 7.81. The van der Waals surface area contributed by atoms with Crippen molar-refractivity contribution in [3.8, 4) is 23.2 Å². The molecule has 2 aliphatic rings. The van der Waals surface area contributed by atoms with Crippen LogP contribution in [0, 0.1) is 22.6 Å². The third-order valence-corrected chi connectivity index (χ3v) is 12.0. The molecule has 2 saturated heterocycles. The Kier molecular flexibility index (Phi) is 15.7. The van der Waals surface area contributed by atoms with Crippen LogP contribution in [0.4, 0.5) is 28.9 Å². The summed E-state index contributed by atoms with van der Waals surface area (Å²) in [5, 5.41) is 14.6. The maximum atomic E-state index is 15.4. The normalized spacial score (nSPS) is 16.3. The summed E-state index contributed by atoms with van der Waals surface area (Å²) in [5.41, 5.74) is 2.26. The zero-order valence-electron chi connectivity index (χ0n) is 38.5. The molecule has 2 atom stereocenters. The Bertz CT molecular complexity index is 2640. The summed E-state index contributed by atoms with van der Waals surface area (Å²) in [6.45, 7) is 9.31. The van der Waals surface area contributed by atoms with E-state index in [9.17, 15) is 37.1 Å². The Morgan fingerprint density at radius 3 is 2.30 bits per heavy atom. The van der Waals surface area contributed by atoms with Crippen molar-refractivity contribution >= 4 is 58.2 Å². The van der Waals surface area contributed by atoms with Gasteiger partial charge in [-0.1, -0.05) is 32.9 Å². The summed E-state index contributed by atoms with van der Waals surface area (Å²) < 4.78 is 68.1. The Balaban J connectivity index is 0.941. The number of likely N-dealkylation sites (tertiary alicyclic amines) is 1. The van der Waals surface area contributed by atoms with E-state index >= 15 is 4.39 Å². The first-order valence-electron chi connectivity index (χ1n) is 21.9. The standard InChI is InChI=1S/C48H51F4N9O7S/c1-46(2,3)40(43(65)59-20-8-9-35(59)42(64)57-24-28-10-12-29(13-11-28)41(54)63)58-36(62)27-67-21-6-7-22-68-37-19-15-31(25-56-37)33-17-16-32(26-55-33)61-45(69)60(44(66)47(61,4)5)34-18-14-30(23-53)38(39(34)49)48(50,51)52/h10-19,25-26,35,40H,6-9,20-22,24,27H2,1-5H3,(H2,54,63)(H,57,64)(H,58,62). The number of nitrogens with zero attached hydrogens (tertiary/aromatic N) is 6. The van der Waals surface area contributed by atoms with E-state index in [0.29, 0.717) is 72.1 Å². The molecule has 4 N–H and O–H groups in total. The molecule has 0 bridgehead atoms. The highest BCUT2D eigenvalue weighted by atomic mass is 32.1. The number of carbonyl (C=O) groups excluding carboxylic acids is 5. The van der Waals surface area contributed by atoms with Gasteiger partial charge in [0.15, 0.2) is 10.9 Å². The average Bonchev–Trinajstić information content (AvgIpc) is 3.86. The lowest BCUT2D eigenvalue weighted by Gasteiger charge is -2.35. The van der Waals surface area contributed by atoms with Crippen molar-refractivity contribution in [3.63, 3.8) is 0 Å². The molecule has 2 unspecified atom stereocenters. The quantitative estimate of drug-likeness (QED) is 0.0613. The van der Waals surface area contributed by atoms with Crippen LogP contribution in [-0.4, -0.2) is 93.5 Å². The molecule has 2 fully saturated rings. The molecule has 5 amide bonds. The summed E-state index contributed by atoms with van der Waals surface area (Å²) in [4.78, 5) is 77.4. The molecule has 0 aliphatic carbocycles. The summed E-state index contributed by atoms with van der Waals surface area (Å²) in [6, 6.07) is 14.6. The molecule has 4 aromatic rings. The number of benzene rings is 2. The molecule has 6 rings (SSSR count). The molecule has 4 heterocycles. The van der Waals surface area contributed by atoms with Crippen LogP contribution in [0.3, 0.4) is 0 Å². The van der Waals surface area contributed by atoms with Gasteiger partial charge in [0.1, 0.15) is 29.8 Å². The number of nitrogens with one attached hydrogen (secondary N) is 2. The largest absolute Gasteiger partial charge is 0.478 e. The predicted molar refractivity (Wildman–Crippen MR) is 249 cm³/mol. The van der Waals surface area contributed by atoms with Crippen molar-refractivity contribution in [2.45, 2.75) is 90.6 Å². The number of nitrogens with two attached hydrogens (primary N) is 1. The Labute approximate surface area is 401 Å². The third-order valence-electron chi connectivity index (χ3n) is 11.6. The van der Waals surface area contributed by atoms with Crippen LogP contribution >= 0.6 is 12.2 Å². The Morgan fingerprint density at radius 1 is 0.986 bits per heavy atom. The van der Waals surface area contributed by atoms with Crippen LogP contribution < -0.4 is 30.9 Å². The topological polar surface area (TPSA) is 213 Å². The number of alkyl halides is 3. The molecule has 0 spiro atoms. The van der Waals surface area contributed by atoms with Crippen LogP contribution in [-0.2, 0) is 36.6 Å². The van der Waals surface area contributed by atoms with E-state index in [1.165, 1.54) is 35.9 Å². The van der Waals surface area contributed by atoms with Crippen LogP contribution in [0.5, 0.6) is 5.88 Å². The van der Waals surface area contributed by atoms with Crippen LogP contribution in [0.2, 0.25) is 0 Å². The summed E-state index contributed by atoms with van der Waals surface area (Å²) >= 11 is 5.52. The van der Waals surface area contributed by atoms with Crippen molar-refractivity contribution in [1.29, 1.82) is 5.26 Å². The minimum absolute atomic E-state index is 0.201. The van der Waals surface area contributed by atoms with Gasteiger partial charge in [-0.15, -0.1) is 0 Å². The van der Waals surface area contributed by atoms with Gasteiger partial charge >= 0.3 is 6.18 Å². The molecule has 69 heavy (non-hydrogen) atoms. The summed E-state index contributed by atoms with van der Waals surface area (Å²) in [5.74, 6) is -3.93. The molecule has 2 aliphatic heterocycles. The van der Waals surface area contributed by atoms with E-state index in [-0.39, 0.29) is 36.7 Å². The molecule has 16 nitrogen and oxygen atoms in total. The molecular weight excluding hydrogens is 923 g/mol. The Hall–Kier alpha value is -7.05. The Morgan fingerprint density at radius 2 is 1.70 bits per heavy atom. The fourth-order valence-electron chi connectivity index (χ4n) is 7.92. The van der Waals surface area contributed by atoms with Gasteiger partial charge in [-0.25, -0.2) is 9.37 Å². The number of amides is 5. The van der Waals surface area contributed by atoms with Gasteiger partial charge in [0, 0.05) is 43.1 Å². The summed E-state index contributed by atoms with van der Waals surface area (Å²) in [6.07, 6.45) is -0.000826. The smallest absolute Gasteiger partial charge is 0.420 e. The number of hydrogen-bond acceptors (Lipinski definition) is 11. The van der Waals surface area contributed by atoms with Gasteiger partial charge in [0.25, 0.3) is 5.91 Å². The monoisotopic (exact) mass is 973 g/mol. The van der Waals surface area contributed by atoms with E-state index in [1.54, 1.807) is 54.7 Å². The van der Waals surface area contributed by atoms with Crippen molar-refractivity contribution in [2.24, 2.45) is 11.1 Å². The van der Waals surface area contributed by atoms with Gasteiger partial charge in [0.05, 0.1) is 41.5 Å². The number of hydrogen-bond donors (Lipinski definition) is 3. The second kappa shape index (κ2) is 21.1. The fraction of sp³-hybridized carbons (Fsp3) is 0.396. The van der Waals surface area contributed by atoms with Gasteiger partial charge < -0.3 is 35.6 Å². The van der Waals surface area contributed by atoms with E-state index in [4.69, 9.17) is 32.7 Å². The number of unbranched alkanes of at least 4 members (excludes halogenated alkanes) is 1. The first-order valence-corrected chi connectivity index (χ1v) is 22.3. The van der Waals surface area contributed by atoms with E-state index in [0.717, 1.165) is 17.7 Å². The summed E-state index contributed by atoms with van der Waals surface area (Å²) in [7, 11) is 0. The van der Waals surface area contributed by atoms with Crippen molar-refractivity contribution in [2.75, 3.05) is 36.2 Å². The molecule has 0 radical (unpaired) electrons. The zero-order chi connectivity index (χ0) is 50.4. The molecule has 2 aromatic heterocycles. The lowest BCUT2D eigenvalue weighted by atomic mass is 9.85. The molecule has 364 valence electrons. The van der Waals surface area contributed by atoms with Crippen LogP contribution in [0.1, 0.15) is 87.4 Å². The number of halogens is 4. The number of primary amides is 1. The number of carbonyl (C=O) groups is 5. The van der Waals surface area contributed by atoms with E-state index < -0.39 is 69.6 Å². The molecule has 2 aromatic carbocycles. The van der Waals surface area contributed by atoms with Gasteiger partial charge in [-0.3, -0.25) is 33.9 Å².